The molecule has 1 aromatic carbocycles. The lowest BCUT2D eigenvalue weighted by molar-refractivity contribution is -0.139. The predicted molar refractivity (Wildman–Crippen MR) is 62.3 cm³/mol. The van der Waals surface area contributed by atoms with Gasteiger partial charge >= 0.3 is 6.18 Å². The second kappa shape index (κ2) is 5.58. The first-order valence-electron chi connectivity index (χ1n) is 5.76. The normalized spacial score (nSPS) is 11.8. The first-order valence-corrected chi connectivity index (χ1v) is 5.76. The fourth-order valence-electron chi connectivity index (χ4n) is 1.59. The summed E-state index contributed by atoms with van der Waals surface area (Å²) in [5.41, 5.74) is -1.33. The summed E-state index contributed by atoms with van der Waals surface area (Å²) in [5, 5.41) is 6.52. The lowest BCUT2D eigenvalue weighted by Gasteiger charge is -2.08. The van der Waals surface area contributed by atoms with E-state index in [9.17, 15) is 17.6 Å². The van der Waals surface area contributed by atoms with Crippen LogP contribution in [0.5, 0.6) is 0 Å². The van der Waals surface area contributed by atoms with Gasteiger partial charge < -0.3 is 9.84 Å². The van der Waals surface area contributed by atoms with Crippen LogP contribution in [-0.4, -0.2) is 23.7 Å². The van der Waals surface area contributed by atoms with Gasteiger partial charge in [-0.1, -0.05) is 5.16 Å². The van der Waals surface area contributed by atoms with Crippen molar-refractivity contribution in [3.8, 4) is 11.5 Å². The van der Waals surface area contributed by atoms with Crippen LogP contribution in [0, 0.1) is 5.82 Å². The highest BCUT2D eigenvalue weighted by Gasteiger charge is 2.34. The van der Waals surface area contributed by atoms with Crippen molar-refractivity contribution in [1.29, 1.82) is 0 Å². The van der Waals surface area contributed by atoms with Crippen molar-refractivity contribution in [3.05, 3.63) is 35.4 Å². The third kappa shape index (κ3) is 3.13. The first kappa shape index (κ1) is 14.4. The van der Waals surface area contributed by atoms with E-state index in [0.717, 1.165) is 6.07 Å². The topological polar surface area (TPSA) is 51.0 Å². The van der Waals surface area contributed by atoms with Crippen molar-refractivity contribution in [1.82, 2.24) is 15.5 Å². The number of aromatic nitrogens is 2. The van der Waals surface area contributed by atoms with E-state index in [-0.39, 0.29) is 11.5 Å². The Balaban J connectivity index is 2.31. The quantitative estimate of drug-likeness (QED) is 0.879. The molecule has 1 N–H and O–H groups in total. The van der Waals surface area contributed by atoms with E-state index in [2.05, 4.69) is 15.5 Å². The third-order valence-corrected chi connectivity index (χ3v) is 2.59. The van der Waals surface area contributed by atoms with Crippen molar-refractivity contribution in [2.75, 3.05) is 13.6 Å². The lowest BCUT2D eigenvalue weighted by atomic mass is 10.1. The number of nitrogens with one attached hydrogen (secondary N) is 1. The van der Waals surface area contributed by atoms with Gasteiger partial charge in [0.2, 0.25) is 0 Å². The standard InChI is InChI=1S/C12H11F4N3O/c1-17-5-4-10-18-11(20-19-10)7-2-3-9(13)8(6-7)12(14,15)16/h2-3,6,17H,4-5H2,1H3. The highest BCUT2D eigenvalue weighted by atomic mass is 19.4. The maximum atomic E-state index is 13.2. The van der Waals surface area contributed by atoms with Crippen molar-refractivity contribution in [2.45, 2.75) is 12.6 Å². The van der Waals surface area contributed by atoms with E-state index in [4.69, 9.17) is 4.52 Å². The van der Waals surface area contributed by atoms with Crippen molar-refractivity contribution in [2.24, 2.45) is 0 Å². The number of likely N-dealkylation sites (N-methyl/N-ethyl adjacent to an activating group) is 1. The number of halogens is 4. The monoisotopic (exact) mass is 289 g/mol. The molecule has 0 spiro atoms. The highest BCUT2D eigenvalue weighted by molar-refractivity contribution is 5.54. The summed E-state index contributed by atoms with van der Waals surface area (Å²) < 4.78 is 55.8. The number of nitrogens with zero attached hydrogens (tertiary/aromatic N) is 2. The Kier molecular flexibility index (Phi) is 4.03. The van der Waals surface area contributed by atoms with Gasteiger partial charge in [-0.15, -0.1) is 0 Å². The summed E-state index contributed by atoms with van der Waals surface area (Å²) in [5.74, 6) is -1.04. The second-order valence-electron chi connectivity index (χ2n) is 4.06. The van der Waals surface area contributed by atoms with Crippen LogP contribution in [-0.2, 0) is 12.6 Å². The molecule has 0 aliphatic carbocycles. The smallest absolute Gasteiger partial charge is 0.334 e. The summed E-state index contributed by atoms with van der Waals surface area (Å²) in [6.45, 7) is 0.607. The second-order valence-corrected chi connectivity index (χ2v) is 4.06. The molecule has 0 aliphatic rings. The molecule has 0 saturated carbocycles. The molecule has 8 heteroatoms. The molecule has 2 aromatic rings. The van der Waals surface area contributed by atoms with Crippen molar-refractivity contribution in [3.63, 3.8) is 0 Å². The molecular weight excluding hydrogens is 278 g/mol. The van der Waals surface area contributed by atoms with Gasteiger partial charge in [0.05, 0.1) is 5.56 Å². The molecular formula is C12H11F4N3O. The molecule has 108 valence electrons. The Bertz CT molecular complexity index is 595. The largest absolute Gasteiger partial charge is 0.419 e. The van der Waals surface area contributed by atoms with Crippen LogP contribution >= 0.6 is 0 Å². The average molecular weight is 289 g/mol. The van der Waals surface area contributed by atoms with Crippen LogP contribution in [0.4, 0.5) is 17.6 Å². The molecule has 4 nitrogen and oxygen atoms in total. The van der Waals surface area contributed by atoms with Crippen molar-refractivity contribution >= 4 is 0 Å². The summed E-state index contributed by atoms with van der Waals surface area (Å²) in [4.78, 5) is 3.96. The fourth-order valence-corrected chi connectivity index (χ4v) is 1.59. The SMILES string of the molecule is CNCCc1noc(-c2ccc(F)c(C(F)(F)F)c2)n1. The molecule has 0 radical (unpaired) electrons. The molecule has 1 aromatic heterocycles. The minimum absolute atomic E-state index is 0.0296. The van der Waals surface area contributed by atoms with E-state index < -0.39 is 17.6 Å². The van der Waals surface area contributed by atoms with Crippen LogP contribution in [0.15, 0.2) is 22.7 Å². The van der Waals surface area contributed by atoms with Gasteiger partial charge in [-0.3, -0.25) is 0 Å². The van der Waals surface area contributed by atoms with E-state index in [1.54, 1.807) is 7.05 Å². The lowest BCUT2D eigenvalue weighted by Crippen LogP contribution is -2.11. The molecule has 0 atom stereocenters. The van der Waals surface area contributed by atoms with Crippen molar-refractivity contribution < 1.29 is 22.1 Å². The van der Waals surface area contributed by atoms with E-state index >= 15 is 0 Å². The average Bonchev–Trinajstić information content (AvgIpc) is 2.84. The Hall–Kier alpha value is -1.96. The van der Waals surface area contributed by atoms with Crippen LogP contribution in [0.25, 0.3) is 11.5 Å². The maximum absolute atomic E-state index is 13.2. The third-order valence-electron chi connectivity index (χ3n) is 2.59. The Morgan fingerprint density at radius 2 is 2.05 bits per heavy atom. The van der Waals surface area contributed by atoms with E-state index in [1.807, 2.05) is 0 Å². The summed E-state index contributed by atoms with van der Waals surface area (Å²) >= 11 is 0. The molecule has 0 fully saturated rings. The molecule has 0 amide bonds. The van der Waals surface area contributed by atoms with Gasteiger partial charge in [-0.2, -0.15) is 18.2 Å². The number of rotatable bonds is 4. The molecule has 20 heavy (non-hydrogen) atoms. The van der Waals surface area contributed by atoms with Crippen LogP contribution in [0.2, 0.25) is 0 Å². The molecule has 0 bridgehead atoms. The molecule has 1 heterocycles. The zero-order chi connectivity index (χ0) is 14.8. The zero-order valence-corrected chi connectivity index (χ0v) is 10.5. The molecule has 0 aliphatic heterocycles. The van der Waals surface area contributed by atoms with E-state index in [0.29, 0.717) is 24.9 Å². The first-order chi connectivity index (χ1) is 9.41. The maximum Gasteiger partial charge on any atom is 0.419 e. The zero-order valence-electron chi connectivity index (χ0n) is 10.5. The Labute approximate surface area is 111 Å². The molecule has 2 rings (SSSR count). The number of hydrogen-bond donors (Lipinski definition) is 1. The van der Waals surface area contributed by atoms with Gasteiger partial charge in [0, 0.05) is 18.5 Å². The van der Waals surface area contributed by atoms with Crippen LogP contribution in [0.3, 0.4) is 0 Å². The van der Waals surface area contributed by atoms with Gasteiger partial charge in [-0.05, 0) is 25.2 Å². The number of alkyl halides is 3. The minimum atomic E-state index is -4.77. The van der Waals surface area contributed by atoms with Gasteiger partial charge in [0.1, 0.15) is 5.82 Å². The van der Waals surface area contributed by atoms with Gasteiger partial charge in [-0.25, -0.2) is 4.39 Å². The minimum Gasteiger partial charge on any atom is -0.334 e. The number of benzene rings is 1. The summed E-state index contributed by atoms with van der Waals surface area (Å²) in [6.07, 6.45) is -4.29. The Morgan fingerprint density at radius 1 is 1.30 bits per heavy atom. The van der Waals surface area contributed by atoms with E-state index in [1.165, 1.54) is 6.07 Å². The van der Waals surface area contributed by atoms with Gasteiger partial charge in [0.15, 0.2) is 5.82 Å². The Morgan fingerprint density at radius 3 is 2.70 bits per heavy atom. The highest BCUT2D eigenvalue weighted by Crippen LogP contribution is 2.33. The van der Waals surface area contributed by atoms with Gasteiger partial charge in [0.25, 0.3) is 5.89 Å². The fraction of sp³-hybridized carbons (Fsp3) is 0.333. The van der Waals surface area contributed by atoms with Crippen LogP contribution in [0.1, 0.15) is 11.4 Å². The number of hydrogen-bond acceptors (Lipinski definition) is 4. The summed E-state index contributed by atoms with van der Waals surface area (Å²) in [7, 11) is 1.75. The summed E-state index contributed by atoms with van der Waals surface area (Å²) in [6, 6.07) is 2.56. The molecule has 0 unspecified atom stereocenters. The van der Waals surface area contributed by atoms with Crippen LogP contribution < -0.4 is 5.32 Å². The predicted octanol–water partition coefficient (Wildman–Crippen LogP) is 2.66. The molecule has 0 saturated heterocycles.